The first-order chi connectivity index (χ1) is 11.0. The summed E-state index contributed by atoms with van der Waals surface area (Å²) in [4.78, 5) is 11.7. The van der Waals surface area contributed by atoms with Crippen molar-refractivity contribution in [1.82, 2.24) is 5.43 Å². The largest absolute Gasteiger partial charge is 0.506 e. The Kier molecular flexibility index (Phi) is 6.85. The Morgan fingerprint density at radius 1 is 1.22 bits per heavy atom. The molecule has 0 bridgehead atoms. The second kappa shape index (κ2) is 8.65. The van der Waals surface area contributed by atoms with Gasteiger partial charge in [-0.2, -0.15) is 5.10 Å². The van der Waals surface area contributed by atoms with E-state index in [1.54, 1.807) is 12.1 Å². The van der Waals surface area contributed by atoms with E-state index < -0.39 is 0 Å². The van der Waals surface area contributed by atoms with Crippen molar-refractivity contribution in [2.45, 2.75) is 0 Å². The van der Waals surface area contributed by atoms with Crippen LogP contribution in [-0.2, 0) is 4.79 Å². The number of rotatable bonds is 5. The molecule has 5 nitrogen and oxygen atoms in total. The summed E-state index contributed by atoms with van der Waals surface area (Å²) in [6.07, 6.45) is 1.50. The predicted molar refractivity (Wildman–Crippen MR) is 107 cm³/mol. The number of carbonyl (C=O) groups is 1. The molecule has 3 N–H and O–H groups in total. The zero-order chi connectivity index (χ0) is 16.8. The van der Waals surface area contributed by atoms with Gasteiger partial charge in [-0.1, -0.05) is 0 Å². The number of nitrogens with zero attached hydrogens (tertiary/aromatic N) is 1. The molecule has 0 spiro atoms. The lowest BCUT2D eigenvalue weighted by Gasteiger charge is -2.05. The fourth-order valence-electron chi connectivity index (χ4n) is 1.63. The first-order valence-electron chi connectivity index (χ1n) is 6.45. The van der Waals surface area contributed by atoms with Crippen molar-refractivity contribution in [3.63, 3.8) is 0 Å². The van der Waals surface area contributed by atoms with Crippen molar-refractivity contribution in [3.05, 3.63) is 54.5 Å². The van der Waals surface area contributed by atoms with Crippen LogP contribution in [0.4, 0.5) is 5.69 Å². The first kappa shape index (κ1) is 18.2. The third-order valence-electron chi connectivity index (χ3n) is 2.74. The molecule has 2 rings (SSSR count). The molecule has 8 heteroatoms. The lowest BCUT2D eigenvalue weighted by atomic mass is 10.2. The van der Waals surface area contributed by atoms with Crippen LogP contribution in [0.5, 0.6) is 5.75 Å². The smallest absolute Gasteiger partial charge is 0.259 e. The molecule has 2 aromatic carbocycles. The standard InChI is InChI=1S/C15H12Br2IN3O2/c16-12-5-9(6-13(17)15(12)23)7-20-21-14(22)8-19-11-3-1-10(18)2-4-11/h1-7,19,23H,8H2,(H,21,22)/b20-7-. The van der Waals surface area contributed by atoms with E-state index in [0.717, 1.165) is 14.8 Å². The molecule has 0 aliphatic carbocycles. The highest BCUT2D eigenvalue weighted by Crippen LogP contribution is 2.32. The second-order valence-electron chi connectivity index (χ2n) is 4.49. The van der Waals surface area contributed by atoms with E-state index in [-0.39, 0.29) is 18.2 Å². The van der Waals surface area contributed by atoms with E-state index in [9.17, 15) is 9.90 Å². The summed E-state index contributed by atoms with van der Waals surface area (Å²) in [6.45, 7) is 0.126. The van der Waals surface area contributed by atoms with E-state index in [1.807, 2.05) is 24.3 Å². The Morgan fingerprint density at radius 3 is 2.43 bits per heavy atom. The fraction of sp³-hybridized carbons (Fsp3) is 0.0667. The van der Waals surface area contributed by atoms with Crippen molar-refractivity contribution in [2.24, 2.45) is 5.10 Å². The lowest BCUT2D eigenvalue weighted by Crippen LogP contribution is -2.25. The van der Waals surface area contributed by atoms with Crippen LogP contribution in [0.1, 0.15) is 5.56 Å². The number of phenols is 1. The molecule has 0 heterocycles. The van der Waals surface area contributed by atoms with Crippen LogP contribution in [-0.4, -0.2) is 23.8 Å². The number of phenolic OH excluding ortho intramolecular Hbond substituents is 1. The van der Waals surface area contributed by atoms with Gasteiger partial charge in [-0.25, -0.2) is 5.43 Å². The zero-order valence-electron chi connectivity index (χ0n) is 11.7. The van der Waals surface area contributed by atoms with Gasteiger partial charge in [0, 0.05) is 9.26 Å². The maximum absolute atomic E-state index is 11.7. The van der Waals surface area contributed by atoms with Gasteiger partial charge in [0.15, 0.2) is 0 Å². The quantitative estimate of drug-likeness (QED) is 0.297. The van der Waals surface area contributed by atoms with E-state index in [2.05, 4.69) is 70.3 Å². The van der Waals surface area contributed by atoms with Crippen molar-refractivity contribution in [1.29, 1.82) is 0 Å². The van der Waals surface area contributed by atoms with Crippen molar-refractivity contribution in [3.8, 4) is 5.75 Å². The van der Waals surface area contributed by atoms with Gasteiger partial charge in [0.1, 0.15) is 5.75 Å². The van der Waals surface area contributed by atoms with Gasteiger partial charge in [0.25, 0.3) is 5.91 Å². The number of aromatic hydroxyl groups is 1. The summed E-state index contributed by atoms with van der Waals surface area (Å²) in [5, 5.41) is 16.5. The Balaban J connectivity index is 1.85. The SMILES string of the molecule is O=C(CNc1ccc(I)cc1)N/N=C\c1cc(Br)c(O)c(Br)c1. The third-order valence-corrected chi connectivity index (χ3v) is 4.67. The number of amides is 1. The van der Waals surface area contributed by atoms with Gasteiger partial charge in [0.2, 0.25) is 0 Å². The number of benzene rings is 2. The van der Waals surface area contributed by atoms with Crippen molar-refractivity contribution < 1.29 is 9.90 Å². The number of nitrogens with one attached hydrogen (secondary N) is 2. The summed E-state index contributed by atoms with van der Waals surface area (Å²) >= 11 is 8.69. The monoisotopic (exact) mass is 551 g/mol. The Morgan fingerprint density at radius 2 is 1.83 bits per heavy atom. The molecule has 0 radical (unpaired) electrons. The summed E-state index contributed by atoms with van der Waals surface area (Å²) in [6, 6.07) is 11.1. The van der Waals surface area contributed by atoms with Crippen LogP contribution in [0.25, 0.3) is 0 Å². The molecule has 0 aliphatic heterocycles. The summed E-state index contributed by atoms with van der Waals surface area (Å²) in [5.74, 6) is -0.135. The van der Waals surface area contributed by atoms with Gasteiger partial charge in [-0.3, -0.25) is 4.79 Å². The van der Waals surface area contributed by atoms with Gasteiger partial charge < -0.3 is 10.4 Å². The number of hydrogen-bond acceptors (Lipinski definition) is 4. The first-order valence-corrected chi connectivity index (χ1v) is 9.11. The maximum Gasteiger partial charge on any atom is 0.259 e. The number of anilines is 1. The molecule has 2 aromatic rings. The van der Waals surface area contributed by atoms with Gasteiger partial charge in [-0.05, 0) is 96.4 Å². The van der Waals surface area contributed by atoms with E-state index >= 15 is 0 Å². The molecular formula is C15H12Br2IN3O2. The Labute approximate surface area is 164 Å². The average Bonchev–Trinajstić information content (AvgIpc) is 2.52. The van der Waals surface area contributed by atoms with E-state index in [1.165, 1.54) is 6.21 Å². The normalized spacial score (nSPS) is 10.7. The topological polar surface area (TPSA) is 73.7 Å². The fourth-order valence-corrected chi connectivity index (χ4v) is 3.21. The van der Waals surface area contributed by atoms with Crippen molar-refractivity contribution in [2.75, 3.05) is 11.9 Å². The van der Waals surface area contributed by atoms with Gasteiger partial charge in [0.05, 0.1) is 21.7 Å². The van der Waals surface area contributed by atoms with Crippen LogP contribution in [0.15, 0.2) is 50.4 Å². The maximum atomic E-state index is 11.7. The minimum absolute atomic E-state index is 0.118. The molecule has 0 aromatic heterocycles. The predicted octanol–water partition coefficient (Wildman–Crippen LogP) is 4.08. The zero-order valence-corrected chi connectivity index (χ0v) is 17.0. The third kappa shape index (κ3) is 5.78. The highest BCUT2D eigenvalue weighted by atomic mass is 127. The Hall–Kier alpha value is -1.13. The van der Waals surface area contributed by atoms with Crippen LogP contribution in [0.3, 0.4) is 0 Å². The second-order valence-corrected chi connectivity index (χ2v) is 7.44. The minimum atomic E-state index is -0.253. The van der Waals surface area contributed by atoms with E-state index in [0.29, 0.717) is 8.95 Å². The van der Waals surface area contributed by atoms with Crippen LogP contribution in [0.2, 0.25) is 0 Å². The molecule has 0 atom stereocenters. The molecule has 120 valence electrons. The number of carbonyl (C=O) groups excluding carboxylic acids is 1. The lowest BCUT2D eigenvalue weighted by molar-refractivity contribution is -0.119. The highest BCUT2D eigenvalue weighted by molar-refractivity contribution is 14.1. The number of hydrogen-bond donors (Lipinski definition) is 3. The Bertz CT molecular complexity index is 713. The summed E-state index contributed by atoms with van der Waals surface area (Å²) in [5.41, 5.74) is 4.04. The van der Waals surface area contributed by atoms with Crippen LogP contribution < -0.4 is 10.7 Å². The molecular weight excluding hydrogens is 541 g/mol. The van der Waals surface area contributed by atoms with Gasteiger partial charge >= 0.3 is 0 Å². The molecule has 0 unspecified atom stereocenters. The number of halogens is 3. The molecule has 0 aliphatic rings. The summed E-state index contributed by atoms with van der Waals surface area (Å²) < 4.78 is 2.22. The average molecular weight is 553 g/mol. The molecule has 0 saturated carbocycles. The van der Waals surface area contributed by atoms with Crippen molar-refractivity contribution >= 4 is 72.3 Å². The van der Waals surface area contributed by atoms with Crippen LogP contribution in [0, 0.1) is 3.57 Å². The van der Waals surface area contributed by atoms with E-state index in [4.69, 9.17) is 0 Å². The number of hydrazone groups is 1. The minimum Gasteiger partial charge on any atom is -0.506 e. The highest BCUT2D eigenvalue weighted by Gasteiger charge is 2.04. The molecule has 0 saturated heterocycles. The van der Waals surface area contributed by atoms with Gasteiger partial charge in [-0.15, -0.1) is 0 Å². The van der Waals surface area contributed by atoms with Crippen LogP contribution >= 0.6 is 54.5 Å². The summed E-state index contributed by atoms with van der Waals surface area (Å²) in [7, 11) is 0. The molecule has 0 fully saturated rings. The molecule has 23 heavy (non-hydrogen) atoms. The molecule has 1 amide bonds.